The lowest BCUT2D eigenvalue weighted by molar-refractivity contribution is 0.109. The van der Waals surface area contributed by atoms with Crippen LogP contribution in [0.15, 0.2) is 36.9 Å². The number of nitriles is 1. The Labute approximate surface area is 208 Å². The van der Waals surface area contributed by atoms with Crippen LogP contribution in [0.25, 0.3) is 22.2 Å². The normalized spacial score (nSPS) is 16.0. The average Bonchev–Trinajstić information content (AvgIpc) is 3.45. The predicted molar refractivity (Wildman–Crippen MR) is 133 cm³/mol. The van der Waals surface area contributed by atoms with E-state index in [0.29, 0.717) is 35.1 Å². The highest BCUT2D eigenvalue weighted by Gasteiger charge is 2.41. The van der Waals surface area contributed by atoms with Crippen molar-refractivity contribution in [3.63, 3.8) is 0 Å². The molecule has 0 spiro atoms. The molecule has 3 aromatic heterocycles. The molecule has 10 heteroatoms. The molecule has 0 saturated carbocycles. The van der Waals surface area contributed by atoms with Crippen molar-refractivity contribution < 1.29 is 4.39 Å². The Bertz CT molecular complexity index is 1450. The minimum Gasteiger partial charge on any atom is -0.370 e. The summed E-state index contributed by atoms with van der Waals surface area (Å²) in [5.74, 6) is 0.333. The third kappa shape index (κ3) is 4.12. The van der Waals surface area contributed by atoms with Crippen LogP contribution in [0.2, 0.25) is 5.02 Å². The van der Waals surface area contributed by atoms with Crippen LogP contribution in [0.1, 0.15) is 45.0 Å². The van der Waals surface area contributed by atoms with Crippen LogP contribution in [0, 0.1) is 11.3 Å². The summed E-state index contributed by atoms with van der Waals surface area (Å²) in [4.78, 5) is 6.63. The van der Waals surface area contributed by atoms with Gasteiger partial charge in [0.1, 0.15) is 12.4 Å². The summed E-state index contributed by atoms with van der Waals surface area (Å²) in [5.41, 5.74) is 1.71. The third-order valence-corrected chi connectivity index (χ3v) is 6.75. The third-order valence-electron chi connectivity index (χ3n) is 6.54. The van der Waals surface area contributed by atoms with Crippen molar-refractivity contribution in [2.45, 2.75) is 44.8 Å². The Morgan fingerprint density at radius 1 is 1.17 bits per heavy atom. The molecule has 0 aliphatic carbocycles. The fraction of sp³-hybridized carbons (Fsp3) is 0.400. The van der Waals surface area contributed by atoms with Gasteiger partial charge >= 0.3 is 0 Å². The topological polar surface area (TPSA) is 88.4 Å². The highest BCUT2D eigenvalue weighted by Crippen LogP contribution is 2.42. The van der Waals surface area contributed by atoms with Crippen LogP contribution in [0.3, 0.4) is 0 Å². The van der Waals surface area contributed by atoms with Crippen molar-refractivity contribution >= 4 is 28.3 Å². The molecule has 1 aromatic carbocycles. The molecule has 4 heterocycles. The van der Waals surface area contributed by atoms with E-state index in [1.807, 2.05) is 23.0 Å². The second-order valence-electron chi connectivity index (χ2n) is 10.1. The second-order valence-corrected chi connectivity index (χ2v) is 10.5. The number of benzene rings is 1. The van der Waals surface area contributed by atoms with E-state index in [2.05, 4.69) is 52.0 Å². The van der Waals surface area contributed by atoms with E-state index in [1.165, 1.54) is 6.33 Å². The van der Waals surface area contributed by atoms with E-state index >= 15 is 4.39 Å². The molecule has 1 aliphatic heterocycles. The standard InChI is InChI=1S/C25H26ClFN8/c1-24(2,3)35-14-18-9-17(13-29-22(18)32-35)20-11-19(26)10-16(12-28)21(20)34-7-5-25(27,6-8-34)23-31-30-15-33(23)4/h9-11,13-15H,5-8H2,1-4H3. The first-order valence-corrected chi connectivity index (χ1v) is 11.9. The Morgan fingerprint density at radius 2 is 1.91 bits per heavy atom. The number of rotatable bonds is 3. The monoisotopic (exact) mass is 492 g/mol. The molecular formula is C25H26ClFN8. The van der Waals surface area contributed by atoms with Crippen LogP contribution in [-0.2, 0) is 18.3 Å². The number of aromatic nitrogens is 6. The maximum absolute atomic E-state index is 15.8. The molecule has 0 radical (unpaired) electrons. The number of anilines is 1. The molecule has 1 aliphatic rings. The molecule has 5 rings (SSSR count). The average molecular weight is 493 g/mol. The van der Waals surface area contributed by atoms with E-state index < -0.39 is 5.67 Å². The van der Waals surface area contributed by atoms with E-state index in [-0.39, 0.29) is 18.4 Å². The van der Waals surface area contributed by atoms with E-state index in [0.717, 1.165) is 22.2 Å². The molecule has 35 heavy (non-hydrogen) atoms. The largest absolute Gasteiger partial charge is 0.370 e. The summed E-state index contributed by atoms with van der Waals surface area (Å²) in [6.45, 7) is 7.08. The molecule has 1 fully saturated rings. The number of halogens is 2. The van der Waals surface area contributed by atoms with Crippen LogP contribution in [-0.4, -0.2) is 42.6 Å². The summed E-state index contributed by atoms with van der Waals surface area (Å²) >= 11 is 6.42. The summed E-state index contributed by atoms with van der Waals surface area (Å²) in [5, 5.41) is 23.7. The van der Waals surface area contributed by atoms with Gasteiger partial charge in [0.05, 0.1) is 16.8 Å². The number of piperidine rings is 1. The zero-order valence-corrected chi connectivity index (χ0v) is 20.9. The number of fused-ring (bicyclic) bond motifs is 1. The van der Waals surface area contributed by atoms with Gasteiger partial charge in [0.25, 0.3) is 0 Å². The SMILES string of the molecule is Cn1cnnc1C1(F)CCN(c2c(C#N)cc(Cl)cc2-c2cnc3nn(C(C)(C)C)cc3c2)CC1. The first-order valence-electron chi connectivity index (χ1n) is 11.5. The van der Waals surface area contributed by atoms with Gasteiger partial charge in [-0.3, -0.25) is 4.68 Å². The molecular weight excluding hydrogens is 467 g/mol. The minimum absolute atomic E-state index is 0.175. The molecule has 0 bridgehead atoms. The molecule has 4 aromatic rings. The van der Waals surface area contributed by atoms with Gasteiger partial charge in [0, 0.05) is 66.9 Å². The summed E-state index contributed by atoms with van der Waals surface area (Å²) in [6.07, 6.45) is 5.71. The zero-order chi connectivity index (χ0) is 25.0. The number of hydrogen-bond acceptors (Lipinski definition) is 6. The van der Waals surface area contributed by atoms with Crippen LogP contribution in [0.4, 0.5) is 10.1 Å². The van der Waals surface area contributed by atoms with Crippen molar-refractivity contribution in [1.29, 1.82) is 5.26 Å². The lowest BCUT2D eigenvalue weighted by Crippen LogP contribution is -2.42. The first kappa shape index (κ1) is 23.2. The van der Waals surface area contributed by atoms with E-state index in [9.17, 15) is 5.26 Å². The summed E-state index contributed by atoms with van der Waals surface area (Å²) in [7, 11) is 1.75. The molecule has 0 unspecified atom stereocenters. The van der Waals surface area contributed by atoms with Gasteiger partial charge in [-0.2, -0.15) is 10.4 Å². The molecule has 8 nitrogen and oxygen atoms in total. The fourth-order valence-corrected chi connectivity index (χ4v) is 4.87. The minimum atomic E-state index is -1.57. The Morgan fingerprint density at radius 3 is 2.54 bits per heavy atom. The smallest absolute Gasteiger partial charge is 0.181 e. The van der Waals surface area contributed by atoms with Gasteiger partial charge in [0.2, 0.25) is 0 Å². The van der Waals surface area contributed by atoms with Crippen molar-refractivity contribution in [2.75, 3.05) is 18.0 Å². The van der Waals surface area contributed by atoms with Gasteiger partial charge in [-0.15, -0.1) is 10.2 Å². The van der Waals surface area contributed by atoms with Crippen molar-refractivity contribution in [3.05, 3.63) is 53.3 Å². The van der Waals surface area contributed by atoms with Crippen LogP contribution < -0.4 is 4.90 Å². The van der Waals surface area contributed by atoms with Crippen molar-refractivity contribution in [2.24, 2.45) is 7.05 Å². The fourth-order valence-electron chi connectivity index (χ4n) is 4.65. The van der Waals surface area contributed by atoms with Gasteiger partial charge in [-0.25, -0.2) is 9.37 Å². The van der Waals surface area contributed by atoms with Crippen molar-refractivity contribution in [1.82, 2.24) is 29.5 Å². The molecule has 0 N–H and O–H groups in total. The molecule has 1 saturated heterocycles. The Hall–Kier alpha value is -3.51. The summed E-state index contributed by atoms with van der Waals surface area (Å²) in [6, 6.07) is 7.79. The molecule has 0 atom stereocenters. The Kier molecular flexibility index (Phi) is 5.52. The lowest BCUT2D eigenvalue weighted by Gasteiger charge is -2.38. The number of alkyl halides is 1. The highest BCUT2D eigenvalue weighted by molar-refractivity contribution is 6.31. The number of nitrogens with zero attached hydrogens (tertiary/aromatic N) is 8. The van der Waals surface area contributed by atoms with Gasteiger partial charge in [-0.05, 0) is 39.0 Å². The highest BCUT2D eigenvalue weighted by atomic mass is 35.5. The number of aryl methyl sites for hydroxylation is 1. The zero-order valence-electron chi connectivity index (χ0n) is 20.1. The maximum Gasteiger partial charge on any atom is 0.181 e. The quantitative estimate of drug-likeness (QED) is 0.401. The first-order chi connectivity index (χ1) is 16.6. The number of pyridine rings is 1. The molecule has 180 valence electrons. The number of hydrogen-bond donors (Lipinski definition) is 0. The van der Waals surface area contributed by atoms with Gasteiger partial charge in [-0.1, -0.05) is 11.6 Å². The Balaban J connectivity index is 1.55. The van der Waals surface area contributed by atoms with E-state index in [1.54, 1.807) is 23.9 Å². The predicted octanol–water partition coefficient (Wildman–Crippen LogP) is 4.97. The molecule has 0 amide bonds. The second kappa shape index (κ2) is 8.31. The lowest BCUT2D eigenvalue weighted by atomic mass is 9.90. The summed E-state index contributed by atoms with van der Waals surface area (Å²) < 4.78 is 19.3. The van der Waals surface area contributed by atoms with Gasteiger partial charge < -0.3 is 9.47 Å². The maximum atomic E-state index is 15.8. The van der Waals surface area contributed by atoms with Crippen LogP contribution >= 0.6 is 11.6 Å². The van der Waals surface area contributed by atoms with Crippen LogP contribution in [0.5, 0.6) is 0 Å². The van der Waals surface area contributed by atoms with Crippen molar-refractivity contribution in [3.8, 4) is 17.2 Å². The van der Waals surface area contributed by atoms with Gasteiger partial charge in [0.15, 0.2) is 17.1 Å². The van der Waals surface area contributed by atoms with E-state index in [4.69, 9.17) is 11.6 Å².